The van der Waals surface area contributed by atoms with E-state index in [2.05, 4.69) is 0 Å². The van der Waals surface area contributed by atoms with Crippen molar-refractivity contribution < 1.29 is 12.6 Å². The maximum absolute atomic E-state index is 11.8. The second kappa shape index (κ2) is 3.48. The predicted octanol–water partition coefficient (Wildman–Crippen LogP) is 2.29. The van der Waals surface area contributed by atoms with Crippen LogP contribution in [-0.4, -0.2) is 14.2 Å². The fourth-order valence-electron chi connectivity index (χ4n) is 2.86. The van der Waals surface area contributed by atoms with Crippen molar-refractivity contribution in [2.45, 2.75) is 25.2 Å². The van der Waals surface area contributed by atoms with E-state index in [1.807, 2.05) is 18.2 Å². The van der Waals surface area contributed by atoms with Crippen LogP contribution < -0.4 is 4.18 Å². The Morgan fingerprint density at radius 2 is 2.00 bits per heavy atom. The fourth-order valence-corrected chi connectivity index (χ4v) is 4.24. The molecule has 1 aromatic carbocycles. The van der Waals surface area contributed by atoms with E-state index in [1.165, 1.54) is 0 Å². The van der Waals surface area contributed by atoms with Crippen LogP contribution in [0.3, 0.4) is 0 Å². The minimum Gasteiger partial charge on any atom is -0.382 e. The highest BCUT2D eigenvalue weighted by molar-refractivity contribution is 7.87. The minimum absolute atomic E-state index is 0.178. The number of hydrogen-bond donors (Lipinski definition) is 0. The van der Waals surface area contributed by atoms with Crippen molar-refractivity contribution in [3.05, 3.63) is 29.8 Å². The first-order valence-electron chi connectivity index (χ1n) is 5.65. The van der Waals surface area contributed by atoms with Crippen molar-refractivity contribution in [2.75, 3.05) is 5.75 Å². The van der Waals surface area contributed by atoms with Crippen LogP contribution in [0.15, 0.2) is 24.3 Å². The van der Waals surface area contributed by atoms with Crippen molar-refractivity contribution in [1.82, 2.24) is 0 Å². The molecule has 1 saturated carbocycles. The molecule has 2 unspecified atom stereocenters. The summed E-state index contributed by atoms with van der Waals surface area (Å²) < 4.78 is 28.7. The van der Waals surface area contributed by atoms with Crippen molar-refractivity contribution >= 4 is 10.1 Å². The van der Waals surface area contributed by atoms with Gasteiger partial charge in [0, 0.05) is 0 Å². The van der Waals surface area contributed by atoms with Crippen LogP contribution in [0.1, 0.15) is 30.7 Å². The Labute approximate surface area is 95.6 Å². The SMILES string of the molecule is O=S1(=O)CC2CCC(C2)c2ccccc2O1. The number of hydrogen-bond acceptors (Lipinski definition) is 3. The number of rotatable bonds is 0. The van der Waals surface area contributed by atoms with Crippen molar-refractivity contribution in [3.8, 4) is 5.75 Å². The largest absolute Gasteiger partial charge is 0.382 e. The predicted molar refractivity (Wildman–Crippen MR) is 60.9 cm³/mol. The number of para-hydroxylation sites is 1. The van der Waals surface area contributed by atoms with Gasteiger partial charge in [0.2, 0.25) is 0 Å². The van der Waals surface area contributed by atoms with Gasteiger partial charge >= 0.3 is 10.1 Å². The smallest absolute Gasteiger partial charge is 0.309 e. The molecule has 1 fully saturated rings. The Morgan fingerprint density at radius 3 is 2.88 bits per heavy atom. The molecular weight excluding hydrogens is 224 g/mol. The fraction of sp³-hybridized carbons (Fsp3) is 0.500. The lowest BCUT2D eigenvalue weighted by atomic mass is 9.96. The van der Waals surface area contributed by atoms with E-state index in [-0.39, 0.29) is 11.7 Å². The lowest BCUT2D eigenvalue weighted by Gasteiger charge is -2.19. The summed E-state index contributed by atoms with van der Waals surface area (Å²) in [7, 11) is -3.39. The summed E-state index contributed by atoms with van der Waals surface area (Å²) in [5, 5.41) is 0. The second-order valence-corrected chi connectivity index (χ2v) is 6.34. The van der Waals surface area contributed by atoms with Crippen LogP contribution in [0.25, 0.3) is 0 Å². The monoisotopic (exact) mass is 238 g/mol. The molecule has 2 atom stereocenters. The first-order valence-corrected chi connectivity index (χ1v) is 7.23. The maximum Gasteiger partial charge on any atom is 0.309 e. The maximum atomic E-state index is 11.8. The molecule has 3 rings (SSSR count). The summed E-state index contributed by atoms with van der Waals surface area (Å²) in [5.74, 6) is 1.48. The lowest BCUT2D eigenvalue weighted by molar-refractivity contribution is 0.453. The first-order chi connectivity index (χ1) is 7.64. The average Bonchev–Trinajstić information content (AvgIpc) is 2.64. The lowest BCUT2D eigenvalue weighted by Crippen LogP contribution is -2.21. The third-order valence-electron chi connectivity index (χ3n) is 3.56. The summed E-state index contributed by atoms with van der Waals surface area (Å²) in [6, 6.07) is 7.51. The second-order valence-electron chi connectivity index (χ2n) is 4.72. The van der Waals surface area contributed by atoms with Crippen LogP contribution in [0.4, 0.5) is 0 Å². The van der Waals surface area contributed by atoms with Crippen LogP contribution in [0, 0.1) is 5.92 Å². The molecule has 2 bridgehead atoms. The van der Waals surface area contributed by atoms with Gasteiger partial charge in [-0.25, -0.2) is 0 Å². The summed E-state index contributed by atoms with van der Waals surface area (Å²) in [6.07, 6.45) is 3.07. The standard InChI is InChI=1S/C12H14O3S/c13-16(14)8-9-5-6-10(7-9)11-3-1-2-4-12(11)15-16/h1-4,9-10H,5-8H2. The van der Waals surface area contributed by atoms with E-state index in [1.54, 1.807) is 6.07 Å². The molecule has 1 aliphatic heterocycles. The molecule has 0 spiro atoms. The average molecular weight is 238 g/mol. The van der Waals surface area contributed by atoms with Crippen LogP contribution in [0.5, 0.6) is 5.75 Å². The highest BCUT2D eigenvalue weighted by atomic mass is 32.2. The highest BCUT2D eigenvalue weighted by Gasteiger charge is 2.34. The van der Waals surface area contributed by atoms with Gasteiger partial charge in [0.05, 0.1) is 5.75 Å². The van der Waals surface area contributed by atoms with Gasteiger partial charge in [-0.05, 0) is 42.7 Å². The zero-order valence-electron chi connectivity index (χ0n) is 8.93. The van der Waals surface area contributed by atoms with Crippen LogP contribution >= 0.6 is 0 Å². The third-order valence-corrected chi connectivity index (χ3v) is 4.87. The molecule has 3 nitrogen and oxygen atoms in total. The van der Waals surface area contributed by atoms with E-state index in [0.717, 1.165) is 24.8 Å². The van der Waals surface area contributed by atoms with E-state index in [9.17, 15) is 8.42 Å². The van der Waals surface area contributed by atoms with Crippen LogP contribution in [0.2, 0.25) is 0 Å². The molecule has 1 aromatic rings. The molecule has 0 N–H and O–H groups in total. The van der Waals surface area contributed by atoms with Gasteiger partial charge in [-0.1, -0.05) is 18.2 Å². The normalized spacial score (nSPS) is 31.0. The molecule has 4 heteroatoms. The zero-order chi connectivity index (χ0) is 11.2. The third kappa shape index (κ3) is 1.71. The molecule has 1 heterocycles. The van der Waals surface area contributed by atoms with Crippen LogP contribution in [-0.2, 0) is 10.1 Å². The van der Waals surface area contributed by atoms with E-state index < -0.39 is 10.1 Å². The quantitative estimate of drug-likeness (QED) is 0.651. The van der Waals surface area contributed by atoms with E-state index >= 15 is 0 Å². The number of benzene rings is 1. The summed E-state index contributed by atoms with van der Waals surface area (Å²) in [6.45, 7) is 0. The molecule has 1 aliphatic carbocycles. The van der Waals surface area contributed by atoms with Crippen molar-refractivity contribution in [2.24, 2.45) is 5.92 Å². The molecule has 86 valence electrons. The highest BCUT2D eigenvalue weighted by Crippen LogP contribution is 2.44. The Morgan fingerprint density at radius 1 is 1.19 bits per heavy atom. The topological polar surface area (TPSA) is 43.4 Å². The van der Waals surface area contributed by atoms with Gasteiger partial charge in [0.25, 0.3) is 0 Å². The van der Waals surface area contributed by atoms with Crippen molar-refractivity contribution in [1.29, 1.82) is 0 Å². The van der Waals surface area contributed by atoms with Gasteiger partial charge < -0.3 is 4.18 Å². The molecule has 0 saturated heterocycles. The first kappa shape index (κ1) is 10.1. The summed E-state index contributed by atoms with van der Waals surface area (Å²) >= 11 is 0. The molecule has 0 radical (unpaired) electrons. The Balaban J connectivity index is 2.12. The van der Waals surface area contributed by atoms with E-state index in [0.29, 0.717) is 11.7 Å². The molecular formula is C12H14O3S. The minimum atomic E-state index is -3.39. The molecule has 0 aromatic heterocycles. The van der Waals surface area contributed by atoms with Crippen molar-refractivity contribution in [3.63, 3.8) is 0 Å². The summed E-state index contributed by atoms with van der Waals surface area (Å²) in [5.41, 5.74) is 1.06. The van der Waals surface area contributed by atoms with E-state index in [4.69, 9.17) is 4.18 Å². The molecule has 2 aliphatic rings. The Hall–Kier alpha value is -1.03. The van der Waals surface area contributed by atoms with Gasteiger partial charge in [-0.3, -0.25) is 0 Å². The Kier molecular flexibility index (Phi) is 2.21. The Bertz CT molecular complexity index is 507. The van der Waals surface area contributed by atoms with Gasteiger partial charge in [0.15, 0.2) is 0 Å². The zero-order valence-corrected chi connectivity index (χ0v) is 9.74. The number of fused-ring (bicyclic) bond motifs is 4. The summed E-state index contributed by atoms with van der Waals surface area (Å²) in [4.78, 5) is 0. The van der Waals surface area contributed by atoms with Gasteiger partial charge in [0.1, 0.15) is 5.75 Å². The van der Waals surface area contributed by atoms with Gasteiger partial charge in [-0.15, -0.1) is 0 Å². The molecule has 16 heavy (non-hydrogen) atoms. The van der Waals surface area contributed by atoms with Gasteiger partial charge in [-0.2, -0.15) is 8.42 Å². The molecule has 0 amide bonds.